The summed E-state index contributed by atoms with van der Waals surface area (Å²) in [6.07, 6.45) is 2.71. The van der Waals surface area contributed by atoms with Crippen LogP contribution in [0.2, 0.25) is 0 Å². The first-order valence-corrected chi connectivity index (χ1v) is 3.22. The van der Waals surface area contributed by atoms with Gasteiger partial charge in [0.25, 0.3) is 0 Å². The van der Waals surface area contributed by atoms with Gasteiger partial charge < -0.3 is 5.32 Å². The van der Waals surface area contributed by atoms with Gasteiger partial charge >= 0.3 is 0 Å². The first kappa shape index (κ1) is 6.33. The predicted octanol–water partition coefficient (Wildman–Crippen LogP) is 0.697. The zero-order valence-corrected chi connectivity index (χ0v) is 5.55. The van der Waals surface area contributed by atoms with Crippen molar-refractivity contribution in [2.45, 2.75) is 19.4 Å². The summed E-state index contributed by atoms with van der Waals surface area (Å²) in [6, 6.07) is 0.238. The monoisotopic (exact) mass is 125 g/mol. The Bertz CT molecular complexity index is 142. The summed E-state index contributed by atoms with van der Waals surface area (Å²) < 4.78 is 0. The second-order valence-electron chi connectivity index (χ2n) is 2.28. The molecule has 1 amide bonds. The molecule has 1 rings (SSSR count). The maximum atomic E-state index is 10.7. The van der Waals surface area contributed by atoms with Gasteiger partial charge in [-0.05, 0) is 6.42 Å². The van der Waals surface area contributed by atoms with Gasteiger partial charge in [0.1, 0.15) is 0 Å². The summed E-state index contributed by atoms with van der Waals surface area (Å²) in [7, 11) is 0. The summed E-state index contributed by atoms with van der Waals surface area (Å²) in [5.41, 5.74) is 0. The summed E-state index contributed by atoms with van der Waals surface area (Å²) >= 11 is 0. The van der Waals surface area contributed by atoms with Crippen LogP contribution < -0.4 is 5.32 Å². The molecule has 1 aliphatic heterocycles. The molecule has 1 aliphatic rings. The summed E-state index contributed by atoms with van der Waals surface area (Å²) in [6.45, 7) is 5.61. The highest BCUT2D eigenvalue weighted by Gasteiger charge is 2.34. The lowest BCUT2D eigenvalue weighted by Gasteiger charge is -2.33. The zero-order chi connectivity index (χ0) is 6.85. The number of hydrogen-bond acceptors (Lipinski definition) is 1. The minimum Gasteiger partial charge on any atom is -0.349 e. The summed E-state index contributed by atoms with van der Waals surface area (Å²) in [4.78, 5) is 10.7. The molecule has 50 valence electrons. The Hall–Kier alpha value is -0.790. The van der Waals surface area contributed by atoms with Crippen LogP contribution in [0.1, 0.15) is 13.3 Å². The molecule has 2 atom stereocenters. The van der Waals surface area contributed by atoms with E-state index in [2.05, 4.69) is 11.9 Å². The van der Waals surface area contributed by atoms with Crippen molar-refractivity contribution in [1.29, 1.82) is 0 Å². The largest absolute Gasteiger partial charge is 0.349 e. The second-order valence-corrected chi connectivity index (χ2v) is 2.28. The van der Waals surface area contributed by atoms with Crippen LogP contribution in [0.25, 0.3) is 0 Å². The number of rotatable bonds is 2. The fraction of sp³-hybridized carbons (Fsp3) is 0.571. The van der Waals surface area contributed by atoms with Gasteiger partial charge in [-0.2, -0.15) is 0 Å². The van der Waals surface area contributed by atoms with E-state index in [1.807, 2.05) is 6.92 Å². The van der Waals surface area contributed by atoms with E-state index < -0.39 is 0 Å². The highest BCUT2D eigenvalue weighted by molar-refractivity contribution is 5.86. The van der Waals surface area contributed by atoms with Crippen LogP contribution in [-0.2, 0) is 4.79 Å². The quantitative estimate of drug-likeness (QED) is 0.427. The molecule has 0 aromatic heterocycles. The van der Waals surface area contributed by atoms with E-state index in [4.69, 9.17) is 0 Å². The van der Waals surface area contributed by atoms with Gasteiger partial charge in [0.05, 0.1) is 12.0 Å². The lowest BCUT2D eigenvalue weighted by Crippen LogP contribution is -2.56. The third-order valence-electron chi connectivity index (χ3n) is 1.77. The van der Waals surface area contributed by atoms with E-state index in [0.717, 1.165) is 6.42 Å². The van der Waals surface area contributed by atoms with Gasteiger partial charge in [-0.15, -0.1) is 6.58 Å². The second kappa shape index (κ2) is 2.21. The number of carbonyl (C=O) groups is 1. The molecule has 2 nitrogen and oxygen atoms in total. The van der Waals surface area contributed by atoms with Crippen molar-refractivity contribution in [1.82, 2.24) is 5.32 Å². The molecule has 0 aromatic carbocycles. The molecule has 0 aliphatic carbocycles. The molecule has 2 heteroatoms. The SMILES string of the molecule is C=C[C@@H]1NC(=O)[C@H]1CC. The van der Waals surface area contributed by atoms with Gasteiger partial charge in [0.15, 0.2) is 0 Å². The standard InChI is InChI=1S/C7H11NO/c1-3-5-6(4-2)8-7(5)9/h4-6H,2-3H2,1H3,(H,8,9)/t5-,6-/m0/s1. The van der Waals surface area contributed by atoms with E-state index >= 15 is 0 Å². The van der Waals surface area contributed by atoms with E-state index in [0.29, 0.717) is 0 Å². The Balaban J connectivity index is 2.46. The first-order valence-electron chi connectivity index (χ1n) is 3.22. The molecule has 1 fully saturated rings. The molecule has 1 N–H and O–H groups in total. The van der Waals surface area contributed by atoms with Gasteiger partial charge in [-0.25, -0.2) is 0 Å². The fourth-order valence-electron chi connectivity index (χ4n) is 1.10. The number of amides is 1. The van der Waals surface area contributed by atoms with Crippen molar-refractivity contribution >= 4 is 5.91 Å². The van der Waals surface area contributed by atoms with Crippen molar-refractivity contribution in [2.75, 3.05) is 0 Å². The van der Waals surface area contributed by atoms with Crippen molar-refractivity contribution in [3.8, 4) is 0 Å². The molecule has 0 aromatic rings. The molecule has 0 spiro atoms. The van der Waals surface area contributed by atoms with Crippen molar-refractivity contribution in [2.24, 2.45) is 5.92 Å². The highest BCUT2D eigenvalue weighted by atomic mass is 16.2. The number of β-lactam (4-membered cyclic amide) rings is 1. The average molecular weight is 125 g/mol. The van der Waals surface area contributed by atoms with Gasteiger partial charge in [-0.3, -0.25) is 4.79 Å². The topological polar surface area (TPSA) is 29.1 Å². The molecule has 0 bridgehead atoms. The van der Waals surface area contributed by atoms with Gasteiger partial charge in [0.2, 0.25) is 5.91 Å². The Kier molecular flexibility index (Phi) is 1.56. The van der Waals surface area contributed by atoms with E-state index in [-0.39, 0.29) is 17.9 Å². The predicted molar refractivity (Wildman–Crippen MR) is 35.9 cm³/mol. The van der Waals surface area contributed by atoms with Crippen molar-refractivity contribution in [3.63, 3.8) is 0 Å². The number of carbonyl (C=O) groups excluding carboxylic acids is 1. The molecular formula is C7H11NO. The number of nitrogens with one attached hydrogen (secondary N) is 1. The Morgan fingerprint density at radius 1 is 1.89 bits per heavy atom. The molecule has 0 saturated carbocycles. The van der Waals surface area contributed by atoms with Crippen LogP contribution in [0.15, 0.2) is 12.7 Å². The van der Waals surface area contributed by atoms with Crippen LogP contribution in [0.4, 0.5) is 0 Å². The first-order chi connectivity index (χ1) is 4.29. The van der Waals surface area contributed by atoms with Crippen LogP contribution in [0, 0.1) is 5.92 Å². The third-order valence-corrected chi connectivity index (χ3v) is 1.77. The Morgan fingerprint density at radius 3 is 2.78 bits per heavy atom. The molecule has 9 heavy (non-hydrogen) atoms. The van der Waals surface area contributed by atoms with Gasteiger partial charge in [-0.1, -0.05) is 13.0 Å². The minimum atomic E-state index is 0.169. The lowest BCUT2D eigenvalue weighted by atomic mass is 9.88. The lowest BCUT2D eigenvalue weighted by molar-refractivity contribution is -0.133. The van der Waals surface area contributed by atoms with E-state index in [9.17, 15) is 4.79 Å². The fourth-order valence-corrected chi connectivity index (χ4v) is 1.10. The highest BCUT2D eigenvalue weighted by Crippen LogP contribution is 2.18. The summed E-state index contributed by atoms with van der Waals surface area (Å²) in [5, 5.41) is 2.74. The van der Waals surface area contributed by atoms with E-state index in [1.165, 1.54) is 0 Å². The maximum absolute atomic E-state index is 10.7. The molecule has 0 radical (unpaired) electrons. The Morgan fingerprint density at radius 2 is 2.56 bits per heavy atom. The van der Waals surface area contributed by atoms with Crippen molar-refractivity contribution in [3.05, 3.63) is 12.7 Å². The molecule has 0 unspecified atom stereocenters. The zero-order valence-electron chi connectivity index (χ0n) is 5.55. The maximum Gasteiger partial charge on any atom is 0.225 e. The smallest absolute Gasteiger partial charge is 0.225 e. The van der Waals surface area contributed by atoms with Crippen LogP contribution in [0.3, 0.4) is 0 Å². The Labute approximate surface area is 54.9 Å². The molecule has 1 heterocycles. The van der Waals surface area contributed by atoms with Crippen LogP contribution in [0.5, 0.6) is 0 Å². The summed E-state index contributed by atoms with van der Waals surface area (Å²) in [5.74, 6) is 0.366. The third kappa shape index (κ3) is 0.846. The number of hydrogen-bond donors (Lipinski definition) is 1. The average Bonchev–Trinajstić information content (AvgIpc) is 1.83. The minimum absolute atomic E-state index is 0.169. The van der Waals surface area contributed by atoms with E-state index in [1.54, 1.807) is 6.08 Å². The van der Waals surface area contributed by atoms with Crippen molar-refractivity contribution < 1.29 is 4.79 Å². The molecular weight excluding hydrogens is 114 g/mol. The van der Waals surface area contributed by atoms with Gasteiger partial charge in [0, 0.05) is 0 Å². The van der Waals surface area contributed by atoms with Crippen LogP contribution >= 0.6 is 0 Å². The molecule has 1 saturated heterocycles. The van der Waals surface area contributed by atoms with Crippen LogP contribution in [-0.4, -0.2) is 11.9 Å². The normalized spacial score (nSPS) is 32.8.